The van der Waals surface area contributed by atoms with Crippen molar-refractivity contribution < 1.29 is 26.8 Å². The predicted octanol–water partition coefficient (Wildman–Crippen LogP) is 2.36. The Bertz CT molecular complexity index is 1020. The molecule has 2 aromatic carbocycles. The molecule has 1 fully saturated rings. The van der Waals surface area contributed by atoms with Crippen LogP contribution in [0, 0.1) is 17.6 Å². The van der Waals surface area contributed by atoms with E-state index >= 15 is 0 Å². The Morgan fingerprint density at radius 1 is 1.19 bits per heavy atom. The van der Waals surface area contributed by atoms with Crippen LogP contribution in [0.1, 0.15) is 6.42 Å². The summed E-state index contributed by atoms with van der Waals surface area (Å²) in [5, 5.41) is 2.52. The van der Waals surface area contributed by atoms with E-state index in [1.54, 1.807) is 6.07 Å². The average molecular weight is 394 g/mol. The molecule has 0 saturated carbocycles. The van der Waals surface area contributed by atoms with E-state index in [1.165, 1.54) is 18.2 Å². The number of nitrogens with zero attached hydrogens (tertiary/aromatic N) is 1. The summed E-state index contributed by atoms with van der Waals surface area (Å²) in [7, 11) is -3.55. The van der Waals surface area contributed by atoms with E-state index in [0.717, 1.165) is 23.3 Å². The maximum absolute atomic E-state index is 13.9. The SMILES string of the molecule is CS(=O)(=O)c1ccccc1NC(=O)[C@@H]1CC(=O)N(c2ccc(F)cc2F)C1. The molecule has 0 aliphatic carbocycles. The van der Waals surface area contributed by atoms with E-state index in [4.69, 9.17) is 0 Å². The summed E-state index contributed by atoms with van der Waals surface area (Å²) in [4.78, 5) is 25.8. The number of nitrogens with one attached hydrogen (secondary N) is 1. The van der Waals surface area contributed by atoms with Gasteiger partial charge in [-0.15, -0.1) is 0 Å². The topological polar surface area (TPSA) is 83.5 Å². The van der Waals surface area contributed by atoms with Crippen molar-refractivity contribution in [3.63, 3.8) is 0 Å². The molecule has 142 valence electrons. The van der Waals surface area contributed by atoms with Crippen LogP contribution in [0.15, 0.2) is 47.4 Å². The van der Waals surface area contributed by atoms with Gasteiger partial charge in [0, 0.05) is 25.3 Å². The van der Waals surface area contributed by atoms with Crippen molar-refractivity contribution in [3.05, 3.63) is 54.1 Å². The highest BCUT2D eigenvalue weighted by molar-refractivity contribution is 7.90. The monoisotopic (exact) mass is 394 g/mol. The lowest BCUT2D eigenvalue weighted by Crippen LogP contribution is -2.29. The minimum absolute atomic E-state index is 0.0379. The molecule has 1 aliphatic rings. The molecule has 0 radical (unpaired) electrons. The van der Waals surface area contributed by atoms with Crippen molar-refractivity contribution >= 4 is 33.0 Å². The summed E-state index contributed by atoms with van der Waals surface area (Å²) in [5.41, 5.74) is 0.0112. The molecule has 27 heavy (non-hydrogen) atoms. The van der Waals surface area contributed by atoms with Crippen molar-refractivity contribution in [2.75, 3.05) is 23.0 Å². The molecule has 2 aromatic rings. The van der Waals surface area contributed by atoms with Crippen molar-refractivity contribution in [2.24, 2.45) is 5.92 Å². The number of para-hydroxylation sites is 1. The zero-order valence-electron chi connectivity index (χ0n) is 14.3. The van der Waals surface area contributed by atoms with Gasteiger partial charge in [0.2, 0.25) is 11.8 Å². The zero-order valence-corrected chi connectivity index (χ0v) is 15.1. The Morgan fingerprint density at radius 3 is 2.56 bits per heavy atom. The van der Waals surface area contributed by atoms with Gasteiger partial charge in [-0.3, -0.25) is 9.59 Å². The Kier molecular flexibility index (Phi) is 4.97. The predicted molar refractivity (Wildman–Crippen MR) is 95.0 cm³/mol. The fourth-order valence-corrected chi connectivity index (χ4v) is 3.79. The fourth-order valence-electron chi connectivity index (χ4n) is 2.94. The van der Waals surface area contributed by atoms with Crippen LogP contribution < -0.4 is 10.2 Å². The number of carbonyl (C=O) groups excluding carboxylic acids is 2. The van der Waals surface area contributed by atoms with Crippen molar-refractivity contribution in [3.8, 4) is 0 Å². The maximum atomic E-state index is 13.9. The summed E-state index contributed by atoms with van der Waals surface area (Å²) in [6.45, 7) is -0.0890. The van der Waals surface area contributed by atoms with Gasteiger partial charge in [-0.1, -0.05) is 12.1 Å². The Morgan fingerprint density at radius 2 is 1.89 bits per heavy atom. The van der Waals surface area contributed by atoms with Crippen LogP contribution in [0.4, 0.5) is 20.2 Å². The van der Waals surface area contributed by atoms with Crippen molar-refractivity contribution in [1.82, 2.24) is 0 Å². The highest BCUT2D eigenvalue weighted by Gasteiger charge is 2.36. The minimum Gasteiger partial charge on any atom is -0.325 e. The first-order valence-corrected chi connectivity index (χ1v) is 9.91. The van der Waals surface area contributed by atoms with Gasteiger partial charge in [0.15, 0.2) is 9.84 Å². The molecule has 3 rings (SSSR count). The molecule has 6 nitrogen and oxygen atoms in total. The first-order valence-electron chi connectivity index (χ1n) is 8.02. The number of rotatable bonds is 4. The highest BCUT2D eigenvalue weighted by Crippen LogP contribution is 2.29. The van der Waals surface area contributed by atoms with E-state index in [1.807, 2.05) is 0 Å². The molecule has 0 aromatic heterocycles. The molecular weight excluding hydrogens is 378 g/mol. The molecule has 2 amide bonds. The lowest BCUT2D eigenvalue weighted by Gasteiger charge is -2.17. The zero-order chi connectivity index (χ0) is 19.8. The number of carbonyl (C=O) groups is 2. The standard InChI is InChI=1S/C18H16F2N2O4S/c1-27(25,26)16-5-3-2-4-14(16)21-18(24)11-8-17(23)22(10-11)15-7-6-12(19)9-13(15)20/h2-7,9,11H,8,10H2,1H3,(H,21,24)/t11-/m1/s1. The largest absolute Gasteiger partial charge is 0.325 e. The van der Waals surface area contributed by atoms with Crippen LogP contribution >= 0.6 is 0 Å². The maximum Gasteiger partial charge on any atom is 0.229 e. The summed E-state index contributed by atoms with van der Waals surface area (Å²) >= 11 is 0. The van der Waals surface area contributed by atoms with Crippen LogP contribution in [0.25, 0.3) is 0 Å². The minimum atomic E-state index is -3.55. The molecule has 0 spiro atoms. The Balaban J connectivity index is 1.79. The van der Waals surface area contributed by atoms with Gasteiger partial charge in [-0.05, 0) is 24.3 Å². The van der Waals surface area contributed by atoms with Crippen molar-refractivity contribution in [2.45, 2.75) is 11.3 Å². The Hall–Kier alpha value is -2.81. The number of benzene rings is 2. The summed E-state index contributed by atoms with van der Waals surface area (Å²) < 4.78 is 50.6. The number of halogens is 2. The van der Waals surface area contributed by atoms with Gasteiger partial charge in [0.25, 0.3) is 0 Å². The molecule has 1 heterocycles. The average Bonchev–Trinajstić information content (AvgIpc) is 2.96. The summed E-state index contributed by atoms with van der Waals surface area (Å²) in [6, 6.07) is 8.75. The first kappa shape index (κ1) is 19.0. The van der Waals surface area contributed by atoms with Crippen LogP contribution in [0.2, 0.25) is 0 Å². The van der Waals surface area contributed by atoms with Crippen LogP contribution in [0.3, 0.4) is 0 Å². The van der Waals surface area contributed by atoms with Gasteiger partial charge >= 0.3 is 0 Å². The molecule has 1 atom stereocenters. The fraction of sp³-hybridized carbons (Fsp3) is 0.222. The van der Waals surface area contributed by atoms with E-state index in [-0.39, 0.29) is 29.2 Å². The molecule has 9 heteroatoms. The quantitative estimate of drug-likeness (QED) is 0.863. The second-order valence-corrected chi connectivity index (χ2v) is 8.24. The van der Waals surface area contributed by atoms with Crippen LogP contribution in [-0.2, 0) is 19.4 Å². The lowest BCUT2D eigenvalue weighted by atomic mass is 10.1. The third-order valence-electron chi connectivity index (χ3n) is 4.24. The van der Waals surface area contributed by atoms with E-state index in [9.17, 15) is 26.8 Å². The third kappa shape index (κ3) is 3.97. The third-order valence-corrected chi connectivity index (χ3v) is 5.40. The van der Waals surface area contributed by atoms with E-state index in [0.29, 0.717) is 6.07 Å². The summed E-state index contributed by atoms with van der Waals surface area (Å²) in [5.74, 6) is -3.49. The molecule has 0 unspecified atom stereocenters. The normalized spacial score (nSPS) is 17.2. The van der Waals surface area contributed by atoms with Crippen LogP contribution in [0.5, 0.6) is 0 Å². The number of hydrogen-bond acceptors (Lipinski definition) is 4. The van der Waals surface area contributed by atoms with Gasteiger partial charge < -0.3 is 10.2 Å². The molecular formula is C18H16F2N2O4S. The number of hydrogen-bond donors (Lipinski definition) is 1. The molecule has 1 saturated heterocycles. The first-order chi connectivity index (χ1) is 12.7. The smallest absolute Gasteiger partial charge is 0.229 e. The second-order valence-electron chi connectivity index (χ2n) is 6.26. The number of amides is 2. The van der Waals surface area contributed by atoms with E-state index < -0.39 is 39.2 Å². The van der Waals surface area contributed by atoms with E-state index in [2.05, 4.69) is 5.32 Å². The van der Waals surface area contributed by atoms with Crippen molar-refractivity contribution in [1.29, 1.82) is 0 Å². The number of sulfone groups is 1. The molecule has 1 N–H and O–H groups in total. The van der Waals surface area contributed by atoms with Gasteiger partial charge in [0.1, 0.15) is 11.6 Å². The number of anilines is 2. The second kappa shape index (κ2) is 7.07. The van der Waals surface area contributed by atoms with Gasteiger partial charge in [0.05, 0.1) is 22.2 Å². The van der Waals surface area contributed by atoms with Crippen LogP contribution in [-0.4, -0.2) is 33.0 Å². The highest BCUT2D eigenvalue weighted by atomic mass is 32.2. The lowest BCUT2D eigenvalue weighted by molar-refractivity contribution is -0.122. The molecule has 0 bridgehead atoms. The summed E-state index contributed by atoms with van der Waals surface area (Å²) in [6.07, 6.45) is 0.861. The Labute approximate surface area is 154 Å². The van der Waals surface area contributed by atoms with Gasteiger partial charge in [-0.25, -0.2) is 17.2 Å². The molecule has 1 aliphatic heterocycles. The van der Waals surface area contributed by atoms with Gasteiger partial charge in [-0.2, -0.15) is 0 Å².